The van der Waals surface area contributed by atoms with Crippen LogP contribution in [0.25, 0.3) is 22.3 Å². The van der Waals surface area contributed by atoms with Crippen molar-refractivity contribution in [1.82, 2.24) is 19.7 Å². The van der Waals surface area contributed by atoms with Gasteiger partial charge in [0.05, 0.1) is 23.7 Å². The topological polar surface area (TPSA) is 90.9 Å². The number of benzene rings is 2. The van der Waals surface area contributed by atoms with Crippen LogP contribution in [0.4, 0.5) is 20.5 Å². The van der Waals surface area contributed by atoms with Gasteiger partial charge in [-0.25, -0.2) is 18.4 Å². The minimum absolute atomic E-state index is 0.127. The molecule has 0 saturated heterocycles. The zero-order valence-electron chi connectivity index (χ0n) is 19.0. The summed E-state index contributed by atoms with van der Waals surface area (Å²) in [5, 5.41) is 8.16. The molecule has 4 rings (SSSR count). The Morgan fingerprint density at radius 2 is 1.79 bits per heavy atom. The van der Waals surface area contributed by atoms with Crippen LogP contribution in [0.15, 0.2) is 42.5 Å². The molecule has 0 atom stereocenters. The normalized spacial score (nSPS) is 11.7. The molecule has 0 amide bonds. The second kappa shape index (κ2) is 8.65. The van der Waals surface area contributed by atoms with Crippen LogP contribution in [0.5, 0.6) is 5.75 Å². The van der Waals surface area contributed by atoms with E-state index < -0.39 is 17.2 Å². The van der Waals surface area contributed by atoms with E-state index in [9.17, 15) is 8.78 Å². The molecular formula is C24H26F2N6O. The van der Waals surface area contributed by atoms with Crippen LogP contribution in [0.1, 0.15) is 26.3 Å². The molecule has 33 heavy (non-hydrogen) atoms. The number of ether oxygens (including phenoxy) is 1. The van der Waals surface area contributed by atoms with Gasteiger partial charge in [-0.05, 0) is 57.0 Å². The zero-order valence-corrected chi connectivity index (χ0v) is 19.0. The number of nitrogens with zero attached hydrogens (tertiary/aromatic N) is 4. The van der Waals surface area contributed by atoms with Gasteiger partial charge in [0.15, 0.2) is 5.65 Å². The Hall–Kier alpha value is -3.75. The van der Waals surface area contributed by atoms with E-state index in [0.29, 0.717) is 29.8 Å². The molecule has 7 nitrogen and oxygen atoms in total. The van der Waals surface area contributed by atoms with Gasteiger partial charge in [0, 0.05) is 18.2 Å². The van der Waals surface area contributed by atoms with Crippen molar-refractivity contribution in [1.29, 1.82) is 0 Å². The number of hydrogen-bond acceptors (Lipinski definition) is 6. The summed E-state index contributed by atoms with van der Waals surface area (Å²) in [6.45, 7) is 6.40. The molecule has 0 fully saturated rings. The lowest BCUT2D eigenvalue weighted by Crippen LogP contribution is -2.24. The highest BCUT2D eigenvalue weighted by molar-refractivity contribution is 5.99. The van der Waals surface area contributed by atoms with Crippen molar-refractivity contribution in [2.45, 2.75) is 32.7 Å². The summed E-state index contributed by atoms with van der Waals surface area (Å²) in [5.74, 6) is -0.00683. The molecule has 0 aliphatic carbocycles. The van der Waals surface area contributed by atoms with E-state index in [2.05, 4.69) is 20.4 Å². The Balaban J connectivity index is 1.72. The first-order chi connectivity index (χ1) is 15.7. The maximum Gasteiger partial charge on any atom is 0.225 e. The number of rotatable bonds is 6. The first-order valence-corrected chi connectivity index (χ1v) is 10.6. The SMILES string of the molecule is COc1ccc(CCNc2nc(-c3ccc(F)cc3F)c3c(N)n(C(C)(C)C)nc3n2)cc1. The van der Waals surface area contributed by atoms with Crippen LogP contribution in [-0.2, 0) is 12.0 Å². The van der Waals surface area contributed by atoms with Crippen LogP contribution < -0.4 is 15.8 Å². The molecule has 9 heteroatoms. The summed E-state index contributed by atoms with van der Waals surface area (Å²) in [4.78, 5) is 9.05. The minimum atomic E-state index is -0.734. The zero-order chi connectivity index (χ0) is 23.8. The molecule has 0 aliphatic heterocycles. The lowest BCUT2D eigenvalue weighted by molar-refractivity contribution is 0.364. The molecule has 2 aromatic heterocycles. The fourth-order valence-corrected chi connectivity index (χ4v) is 3.59. The molecule has 0 unspecified atom stereocenters. The van der Waals surface area contributed by atoms with Crippen molar-refractivity contribution in [2.24, 2.45) is 0 Å². The van der Waals surface area contributed by atoms with E-state index in [4.69, 9.17) is 10.5 Å². The predicted octanol–water partition coefficient (Wildman–Crippen LogP) is 4.77. The van der Waals surface area contributed by atoms with Crippen molar-refractivity contribution in [2.75, 3.05) is 24.7 Å². The summed E-state index contributed by atoms with van der Waals surface area (Å²) < 4.78 is 35.1. The largest absolute Gasteiger partial charge is 0.497 e. The number of methoxy groups -OCH3 is 1. The lowest BCUT2D eigenvalue weighted by Gasteiger charge is -2.20. The number of nitrogens with one attached hydrogen (secondary N) is 1. The van der Waals surface area contributed by atoms with E-state index in [0.717, 1.165) is 17.4 Å². The Morgan fingerprint density at radius 3 is 2.42 bits per heavy atom. The second-order valence-electron chi connectivity index (χ2n) is 8.71. The highest BCUT2D eigenvalue weighted by Gasteiger charge is 2.25. The molecule has 2 heterocycles. The fraction of sp³-hybridized carbons (Fsp3) is 0.292. The van der Waals surface area contributed by atoms with Crippen molar-refractivity contribution >= 4 is 22.8 Å². The molecular weight excluding hydrogens is 426 g/mol. The molecule has 0 bridgehead atoms. The minimum Gasteiger partial charge on any atom is -0.497 e. The van der Waals surface area contributed by atoms with Gasteiger partial charge in [0.25, 0.3) is 0 Å². The number of aromatic nitrogens is 4. The Kier molecular flexibility index (Phi) is 5.88. The van der Waals surface area contributed by atoms with Gasteiger partial charge in [0.2, 0.25) is 5.95 Å². The summed E-state index contributed by atoms with van der Waals surface area (Å²) in [7, 11) is 1.62. The third-order valence-electron chi connectivity index (χ3n) is 5.25. The van der Waals surface area contributed by atoms with E-state index in [1.54, 1.807) is 11.8 Å². The molecule has 4 aromatic rings. The number of fused-ring (bicyclic) bond motifs is 1. The van der Waals surface area contributed by atoms with E-state index in [1.165, 1.54) is 12.1 Å². The molecule has 0 aliphatic rings. The molecule has 3 N–H and O–H groups in total. The Bertz CT molecular complexity index is 1300. The Morgan fingerprint density at radius 1 is 1.06 bits per heavy atom. The monoisotopic (exact) mass is 452 g/mol. The number of anilines is 2. The van der Waals surface area contributed by atoms with Gasteiger partial charge in [-0.2, -0.15) is 4.98 Å². The highest BCUT2D eigenvalue weighted by Crippen LogP contribution is 2.35. The van der Waals surface area contributed by atoms with Crippen molar-refractivity contribution in [3.8, 4) is 17.0 Å². The van der Waals surface area contributed by atoms with E-state index in [-0.39, 0.29) is 17.2 Å². The fourth-order valence-electron chi connectivity index (χ4n) is 3.59. The summed E-state index contributed by atoms with van der Waals surface area (Å²) in [5.41, 5.74) is 7.79. The molecule has 2 aromatic carbocycles. The van der Waals surface area contributed by atoms with Crippen molar-refractivity contribution in [3.05, 3.63) is 59.7 Å². The first kappa shape index (κ1) is 22.4. The lowest BCUT2D eigenvalue weighted by atomic mass is 10.1. The average molecular weight is 453 g/mol. The third kappa shape index (κ3) is 4.57. The standard InChI is InChI=1S/C24H26F2N6O/c1-24(2,3)32-21(27)19-20(17-10-7-15(25)13-18(17)26)29-23(30-22(19)31-32)28-12-11-14-5-8-16(33-4)9-6-14/h5-10,13H,11-12,27H2,1-4H3,(H,28,30,31). The van der Waals surface area contributed by atoms with Crippen LogP contribution >= 0.6 is 0 Å². The second-order valence-corrected chi connectivity index (χ2v) is 8.71. The van der Waals surface area contributed by atoms with Crippen LogP contribution in [-0.4, -0.2) is 33.4 Å². The molecule has 0 spiro atoms. The quantitative estimate of drug-likeness (QED) is 0.438. The summed E-state index contributed by atoms with van der Waals surface area (Å²) in [6.07, 6.45) is 0.713. The number of hydrogen-bond donors (Lipinski definition) is 2. The maximum atomic E-state index is 14.7. The molecule has 0 saturated carbocycles. The van der Waals surface area contributed by atoms with Gasteiger partial charge in [-0.1, -0.05) is 12.1 Å². The van der Waals surface area contributed by atoms with Crippen LogP contribution in [0, 0.1) is 11.6 Å². The van der Waals surface area contributed by atoms with Gasteiger partial charge in [-0.3, -0.25) is 0 Å². The van der Waals surface area contributed by atoms with Gasteiger partial charge >= 0.3 is 0 Å². The highest BCUT2D eigenvalue weighted by atomic mass is 19.1. The van der Waals surface area contributed by atoms with E-state index >= 15 is 0 Å². The smallest absolute Gasteiger partial charge is 0.225 e. The third-order valence-corrected chi connectivity index (χ3v) is 5.25. The van der Waals surface area contributed by atoms with Gasteiger partial charge in [-0.15, -0.1) is 5.10 Å². The molecule has 0 radical (unpaired) electrons. The Labute approximate surface area is 190 Å². The van der Waals surface area contributed by atoms with Gasteiger partial charge < -0.3 is 15.8 Å². The van der Waals surface area contributed by atoms with Crippen molar-refractivity contribution in [3.63, 3.8) is 0 Å². The molecule has 172 valence electrons. The van der Waals surface area contributed by atoms with Gasteiger partial charge in [0.1, 0.15) is 23.2 Å². The predicted molar refractivity (Wildman–Crippen MR) is 125 cm³/mol. The van der Waals surface area contributed by atoms with Crippen LogP contribution in [0.3, 0.4) is 0 Å². The maximum absolute atomic E-state index is 14.7. The average Bonchev–Trinajstić information content (AvgIpc) is 3.11. The number of nitrogens with two attached hydrogens (primary N) is 1. The number of halogens is 2. The van der Waals surface area contributed by atoms with Crippen molar-refractivity contribution < 1.29 is 13.5 Å². The summed E-state index contributed by atoms with van der Waals surface area (Å²) >= 11 is 0. The van der Waals surface area contributed by atoms with Crippen LogP contribution in [0.2, 0.25) is 0 Å². The number of nitrogen functional groups attached to an aromatic ring is 1. The van der Waals surface area contributed by atoms with E-state index in [1.807, 2.05) is 45.0 Å². The first-order valence-electron chi connectivity index (χ1n) is 10.6. The summed E-state index contributed by atoms with van der Waals surface area (Å²) in [6, 6.07) is 11.1.